The van der Waals surface area contributed by atoms with E-state index in [1.807, 2.05) is 0 Å². The lowest BCUT2D eigenvalue weighted by Gasteiger charge is -2.06. The molecule has 0 fully saturated rings. The van der Waals surface area contributed by atoms with Crippen LogP contribution in [0.5, 0.6) is 0 Å². The van der Waals surface area contributed by atoms with Gasteiger partial charge >= 0.3 is 0 Å². The van der Waals surface area contributed by atoms with Crippen molar-refractivity contribution in [2.75, 3.05) is 6.61 Å². The molecule has 0 saturated heterocycles. The van der Waals surface area contributed by atoms with Crippen LogP contribution < -0.4 is 5.90 Å². The van der Waals surface area contributed by atoms with Crippen molar-refractivity contribution < 1.29 is 18.0 Å². The molecule has 1 aromatic carbocycles. The second-order valence-electron chi connectivity index (χ2n) is 2.57. The second kappa shape index (κ2) is 4.77. The molecule has 0 aromatic heterocycles. The Morgan fingerprint density at radius 1 is 1.29 bits per heavy atom. The van der Waals surface area contributed by atoms with Gasteiger partial charge in [-0.2, -0.15) is 0 Å². The molecule has 0 heterocycles. The molecule has 0 aliphatic rings. The smallest absolute Gasteiger partial charge is 0.165 e. The Kier molecular flexibility index (Phi) is 3.91. The molecular formula is C8H7BrF3NO. The second-order valence-corrected chi connectivity index (χ2v) is 3.42. The Balaban J connectivity index is 3.11. The Hall–Kier alpha value is -0.590. The largest absolute Gasteiger partial charge is 0.304 e. The first-order chi connectivity index (χ1) is 6.57. The molecule has 0 unspecified atom stereocenters. The number of benzene rings is 1. The first kappa shape index (κ1) is 11.5. The minimum atomic E-state index is -1.21. The van der Waals surface area contributed by atoms with Gasteiger partial charge < -0.3 is 4.84 Å². The molecule has 14 heavy (non-hydrogen) atoms. The van der Waals surface area contributed by atoms with E-state index in [0.29, 0.717) is 0 Å². The summed E-state index contributed by atoms with van der Waals surface area (Å²) >= 11 is 2.77. The topological polar surface area (TPSA) is 35.2 Å². The van der Waals surface area contributed by atoms with E-state index in [9.17, 15) is 13.2 Å². The van der Waals surface area contributed by atoms with Crippen molar-refractivity contribution in [1.82, 2.24) is 0 Å². The van der Waals surface area contributed by atoms with E-state index in [0.717, 1.165) is 6.07 Å². The molecule has 0 radical (unpaired) electrons. The highest BCUT2D eigenvalue weighted by molar-refractivity contribution is 9.10. The Bertz CT molecular complexity index is 320. The van der Waals surface area contributed by atoms with E-state index in [1.54, 1.807) is 0 Å². The van der Waals surface area contributed by atoms with Gasteiger partial charge in [0, 0.05) is 12.0 Å². The molecule has 6 heteroatoms. The SMILES string of the molecule is NOCCc1c(F)c(F)cc(Br)c1F. The van der Waals surface area contributed by atoms with Crippen LogP contribution in [-0.2, 0) is 11.3 Å². The van der Waals surface area contributed by atoms with Crippen LogP contribution in [0, 0.1) is 17.5 Å². The average Bonchev–Trinajstić information content (AvgIpc) is 2.15. The van der Waals surface area contributed by atoms with Gasteiger partial charge in [-0.25, -0.2) is 19.1 Å². The quantitative estimate of drug-likeness (QED) is 0.675. The molecule has 0 aliphatic heterocycles. The first-order valence-corrected chi connectivity index (χ1v) is 4.50. The fourth-order valence-corrected chi connectivity index (χ4v) is 1.44. The minimum absolute atomic E-state index is 0.0796. The van der Waals surface area contributed by atoms with E-state index in [2.05, 4.69) is 20.8 Å². The van der Waals surface area contributed by atoms with Crippen molar-refractivity contribution in [3.05, 3.63) is 33.6 Å². The molecule has 0 bridgehead atoms. The summed E-state index contributed by atoms with van der Waals surface area (Å²) in [5.41, 5.74) is -0.373. The molecule has 0 saturated carbocycles. The maximum Gasteiger partial charge on any atom is 0.165 e. The summed E-state index contributed by atoms with van der Waals surface area (Å²) < 4.78 is 38.9. The van der Waals surface area contributed by atoms with E-state index < -0.39 is 17.5 Å². The number of rotatable bonds is 3. The summed E-state index contributed by atoms with van der Waals surface area (Å²) in [6.45, 7) is -0.0796. The van der Waals surface area contributed by atoms with Gasteiger partial charge in [-0.1, -0.05) is 0 Å². The van der Waals surface area contributed by atoms with Gasteiger partial charge in [0.1, 0.15) is 5.82 Å². The molecule has 78 valence electrons. The van der Waals surface area contributed by atoms with Crippen LogP contribution in [0.1, 0.15) is 5.56 Å². The van der Waals surface area contributed by atoms with Gasteiger partial charge in [-0.3, -0.25) is 0 Å². The summed E-state index contributed by atoms with van der Waals surface area (Å²) in [6, 6.07) is 0.734. The van der Waals surface area contributed by atoms with Gasteiger partial charge in [0.15, 0.2) is 11.6 Å². The van der Waals surface area contributed by atoms with E-state index in [-0.39, 0.29) is 23.1 Å². The fraction of sp³-hybridized carbons (Fsp3) is 0.250. The van der Waals surface area contributed by atoms with Crippen LogP contribution in [0.2, 0.25) is 0 Å². The lowest BCUT2D eigenvalue weighted by molar-refractivity contribution is 0.139. The fourth-order valence-electron chi connectivity index (χ4n) is 1.00. The van der Waals surface area contributed by atoms with Crippen molar-refractivity contribution in [1.29, 1.82) is 0 Å². The molecule has 0 aliphatic carbocycles. The molecule has 2 nitrogen and oxygen atoms in total. The summed E-state index contributed by atoms with van der Waals surface area (Å²) in [4.78, 5) is 4.16. The van der Waals surface area contributed by atoms with Crippen LogP contribution >= 0.6 is 15.9 Å². The molecule has 1 aromatic rings. The number of nitrogens with two attached hydrogens (primary N) is 1. The Labute approximate surface area is 86.9 Å². The Morgan fingerprint density at radius 3 is 2.50 bits per heavy atom. The molecule has 0 atom stereocenters. The van der Waals surface area contributed by atoms with Gasteiger partial charge in [-0.15, -0.1) is 0 Å². The first-order valence-electron chi connectivity index (χ1n) is 3.71. The van der Waals surface area contributed by atoms with Crippen molar-refractivity contribution >= 4 is 15.9 Å². The van der Waals surface area contributed by atoms with Crippen LogP contribution in [0.25, 0.3) is 0 Å². The number of hydrogen-bond acceptors (Lipinski definition) is 2. The Morgan fingerprint density at radius 2 is 1.93 bits per heavy atom. The van der Waals surface area contributed by atoms with Crippen molar-refractivity contribution in [2.45, 2.75) is 6.42 Å². The zero-order chi connectivity index (χ0) is 10.7. The summed E-state index contributed by atoms with van der Waals surface area (Å²) in [7, 11) is 0. The van der Waals surface area contributed by atoms with Gasteiger partial charge in [0.2, 0.25) is 0 Å². The van der Waals surface area contributed by atoms with E-state index in [4.69, 9.17) is 5.90 Å². The molecular weight excluding hydrogens is 263 g/mol. The predicted octanol–water partition coefficient (Wildman–Crippen LogP) is 2.30. The molecule has 0 spiro atoms. The molecule has 0 amide bonds. The maximum atomic E-state index is 13.2. The van der Waals surface area contributed by atoms with Crippen LogP contribution in [-0.4, -0.2) is 6.61 Å². The van der Waals surface area contributed by atoms with Crippen molar-refractivity contribution in [3.63, 3.8) is 0 Å². The third kappa shape index (κ3) is 2.26. The van der Waals surface area contributed by atoms with Crippen LogP contribution in [0.15, 0.2) is 10.5 Å². The van der Waals surface area contributed by atoms with Crippen molar-refractivity contribution in [2.24, 2.45) is 5.90 Å². The van der Waals surface area contributed by atoms with E-state index in [1.165, 1.54) is 0 Å². The number of halogens is 4. The van der Waals surface area contributed by atoms with Gasteiger partial charge in [0.05, 0.1) is 11.1 Å². The highest BCUT2D eigenvalue weighted by atomic mass is 79.9. The monoisotopic (exact) mass is 269 g/mol. The molecule has 2 N–H and O–H groups in total. The highest BCUT2D eigenvalue weighted by Gasteiger charge is 2.16. The average molecular weight is 270 g/mol. The minimum Gasteiger partial charge on any atom is -0.304 e. The summed E-state index contributed by atoms with van der Waals surface area (Å²) in [5, 5.41) is 0. The lowest BCUT2D eigenvalue weighted by atomic mass is 10.1. The zero-order valence-corrected chi connectivity index (χ0v) is 8.58. The normalized spacial score (nSPS) is 10.6. The maximum absolute atomic E-state index is 13.2. The van der Waals surface area contributed by atoms with Gasteiger partial charge in [-0.05, 0) is 22.0 Å². The number of hydrogen-bond donors (Lipinski definition) is 1. The van der Waals surface area contributed by atoms with Crippen LogP contribution in [0.3, 0.4) is 0 Å². The summed E-state index contributed by atoms with van der Waals surface area (Å²) in [5.74, 6) is 1.56. The highest BCUT2D eigenvalue weighted by Crippen LogP contribution is 2.24. The summed E-state index contributed by atoms with van der Waals surface area (Å²) in [6.07, 6.45) is -0.121. The lowest BCUT2D eigenvalue weighted by Crippen LogP contribution is -2.08. The zero-order valence-electron chi connectivity index (χ0n) is 6.99. The standard InChI is InChI=1S/C8H7BrF3NO/c9-5-3-6(10)8(12)4(7(5)11)1-2-14-13/h3H,1-2,13H2. The van der Waals surface area contributed by atoms with Crippen LogP contribution in [0.4, 0.5) is 13.2 Å². The van der Waals surface area contributed by atoms with Crippen molar-refractivity contribution in [3.8, 4) is 0 Å². The van der Waals surface area contributed by atoms with Gasteiger partial charge in [0.25, 0.3) is 0 Å². The third-order valence-corrected chi connectivity index (χ3v) is 2.25. The third-order valence-electron chi connectivity index (χ3n) is 1.67. The predicted molar refractivity (Wildman–Crippen MR) is 47.9 cm³/mol. The molecule has 1 rings (SSSR count). The van der Waals surface area contributed by atoms with E-state index >= 15 is 0 Å².